The lowest BCUT2D eigenvalue weighted by molar-refractivity contribution is 0.352. The number of nitrogens with zero attached hydrogens (tertiary/aromatic N) is 1. The van der Waals surface area contributed by atoms with Gasteiger partial charge in [-0.25, -0.2) is 0 Å². The molecule has 0 saturated heterocycles. The normalized spacial score (nSPS) is 10.4. The van der Waals surface area contributed by atoms with Crippen molar-refractivity contribution >= 4 is 21.7 Å². The third-order valence-electron chi connectivity index (χ3n) is 2.46. The van der Waals surface area contributed by atoms with Crippen LogP contribution in [0.5, 0.6) is 17.2 Å². The quantitative estimate of drug-likeness (QED) is 0.807. The van der Waals surface area contributed by atoms with Gasteiger partial charge in [-0.05, 0) is 15.9 Å². The molecule has 1 aromatic carbocycles. The number of anilines is 1. The molecule has 0 aliphatic heterocycles. The van der Waals surface area contributed by atoms with Crippen LogP contribution in [-0.2, 0) is 0 Å². The maximum Gasteiger partial charge on any atom is 0.173 e. The SMILES string of the molecule is COc1cc(Br)c(O)c(-c2cc(N)n[nH]2)c1OC. The first-order chi connectivity index (χ1) is 8.58. The van der Waals surface area contributed by atoms with E-state index in [1.165, 1.54) is 14.2 Å². The molecule has 0 fully saturated rings. The minimum Gasteiger partial charge on any atom is -0.506 e. The molecule has 0 aliphatic rings. The second-order valence-electron chi connectivity index (χ2n) is 3.52. The van der Waals surface area contributed by atoms with Gasteiger partial charge in [0.25, 0.3) is 0 Å². The molecular weight excluding hydrogens is 302 g/mol. The predicted octanol–water partition coefficient (Wildman–Crippen LogP) is 2.14. The van der Waals surface area contributed by atoms with Crippen molar-refractivity contribution in [3.63, 3.8) is 0 Å². The Labute approximate surface area is 112 Å². The van der Waals surface area contributed by atoms with Crippen LogP contribution in [0.25, 0.3) is 11.3 Å². The molecular formula is C11H12BrN3O3. The number of phenolic OH excluding ortho intramolecular Hbond substituents is 1. The lowest BCUT2D eigenvalue weighted by Gasteiger charge is -2.14. The zero-order valence-electron chi connectivity index (χ0n) is 9.82. The van der Waals surface area contributed by atoms with Crippen molar-refractivity contribution in [2.45, 2.75) is 0 Å². The van der Waals surface area contributed by atoms with Crippen molar-refractivity contribution in [2.75, 3.05) is 20.0 Å². The molecule has 2 rings (SSSR count). The number of nitrogen functional groups attached to an aromatic ring is 1. The third kappa shape index (κ3) is 1.97. The second-order valence-corrected chi connectivity index (χ2v) is 4.38. The van der Waals surface area contributed by atoms with E-state index in [-0.39, 0.29) is 5.75 Å². The molecule has 0 amide bonds. The number of halogens is 1. The summed E-state index contributed by atoms with van der Waals surface area (Å²) in [5.41, 5.74) is 6.54. The number of nitrogens with two attached hydrogens (primary N) is 1. The number of aromatic hydroxyl groups is 1. The molecule has 4 N–H and O–H groups in total. The van der Waals surface area contributed by atoms with E-state index in [4.69, 9.17) is 15.2 Å². The Morgan fingerprint density at radius 1 is 1.33 bits per heavy atom. The number of benzene rings is 1. The smallest absolute Gasteiger partial charge is 0.173 e. The maximum absolute atomic E-state index is 10.1. The number of rotatable bonds is 3. The largest absolute Gasteiger partial charge is 0.506 e. The van der Waals surface area contributed by atoms with E-state index in [0.29, 0.717) is 33.0 Å². The Morgan fingerprint density at radius 3 is 2.56 bits per heavy atom. The van der Waals surface area contributed by atoms with Gasteiger partial charge >= 0.3 is 0 Å². The molecule has 6 nitrogen and oxygen atoms in total. The number of aromatic amines is 1. The molecule has 0 saturated carbocycles. The summed E-state index contributed by atoms with van der Waals surface area (Å²) < 4.78 is 11.0. The lowest BCUT2D eigenvalue weighted by atomic mass is 10.1. The number of nitrogens with one attached hydrogen (secondary N) is 1. The summed E-state index contributed by atoms with van der Waals surface area (Å²) in [6.45, 7) is 0. The van der Waals surface area contributed by atoms with Crippen molar-refractivity contribution in [3.05, 3.63) is 16.6 Å². The molecule has 0 radical (unpaired) electrons. The van der Waals surface area contributed by atoms with Crippen molar-refractivity contribution in [2.24, 2.45) is 0 Å². The zero-order valence-corrected chi connectivity index (χ0v) is 11.4. The Hall–Kier alpha value is -1.89. The summed E-state index contributed by atoms with van der Waals surface area (Å²) in [5, 5.41) is 16.7. The van der Waals surface area contributed by atoms with Crippen molar-refractivity contribution < 1.29 is 14.6 Å². The number of aromatic nitrogens is 2. The Balaban J connectivity index is 2.74. The topological polar surface area (TPSA) is 93.4 Å². The molecule has 0 spiro atoms. The van der Waals surface area contributed by atoms with Gasteiger partial charge in [-0.2, -0.15) is 5.10 Å². The van der Waals surface area contributed by atoms with Gasteiger partial charge in [0.15, 0.2) is 11.5 Å². The van der Waals surface area contributed by atoms with Crippen LogP contribution < -0.4 is 15.2 Å². The average molecular weight is 314 g/mol. The van der Waals surface area contributed by atoms with E-state index >= 15 is 0 Å². The molecule has 0 bridgehead atoms. The highest BCUT2D eigenvalue weighted by Gasteiger charge is 2.21. The number of methoxy groups -OCH3 is 2. The molecule has 96 valence electrons. The predicted molar refractivity (Wildman–Crippen MR) is 70.9 cm³/mol. The standard InChI is InChI=1S/C11H12BrN3O3/c1-17-7-3-5(12)10(16)9(11(7)18-2)6-4-8(13)15-14-6/h3-4,16H,1-2H3,(H3,13,14,15). The Bertz CT molecular complexity index is 583. The molecule has 1 heterocycles. The first-order valence-electron chi connectivity index (χ1n) is 5.03. The second kappa shape index (κ2) is 4.77. The summed E-state index contributed by atoms with van der Waals surface area (Å²) in [6, 6.07) is 3.22. The van der Waals surface area contributed by atoms with Gasteiger partial charge in [0, 0.05) is 12.1 Å². The maximum atomic E-state index is 10.1. The van der Waals surface area contributed by atoms with E-state index < -0.39 is 0 Å². The van der Waals surface area contributed by atoms with Crippen LogP contribution in [0.2, 0.25) is 0 Å². The molecule has 0 atom stereocenters. The van der Waals surface area contributed by atoms with Gasteiger partial charge in [0.2, 0.25) is 0 Å². The number of H-pyrrole nitrogens is 1. The fourth-order valence-electron chi connectivity index (χ4n) is 1.67. The van der Waals surface area contributed by atoms with Crippen LogP contribution >= 0.6 is 15.9 Å². The van der Waals surface area contributed by atoms with Crippen molar-refractivity contribution in [3.8, 4) is 28.5 Å². The summed E-state index contributed by atoms with van der Waals surface area (Å²) >= 11 is 3.25. The first-order valence-corrected chi connectivity index (χ1v) is 5.82. The summed E-state index contributed by atoms with van der Waals surface area (Å²) in [7, 11) is 3.01. The first kappa shape index (κ1) is 12.6. The minimum atomic E-state index is 0.0244. The molecule has 0 unspecified atom stereocenters. The average Bonchev–Trinajstić information content (AvgIpc) is 2.78. The van der Waals surface area contributed by atoms with Crippen LogP contribution in [0.4, 0.5) is 5.82 Å². The highest BCUT2D eigenvalue weighted by Crippen LogP contribution is 2.47. The number of hydrogen-bond acceptors (Lipinski definition) is 5. The lowest BCUT2D eigenvalue weighted by Crippen LogP contribution is -1.95. The monoisotopic (exact) mass is 313 g/mol. The fraction of sp³-hybridized carbons (Fsp3) is 0.182. The van der Waals surface area contributed by atoms with E-state index in [1.54, 1.807) is 12.1 Å². The summed E-state index contributed by atoms with van der Waals surface area (Å²) in [6.07, 6.45) is 0. The molecule has 7 heteroatoms. The molecule has 2 aromatic rings. The van der Waals surface area contributed by atoms with E-state index in [2.05, 4.69) is 26.1 Å². The van der Waals surface area contributed by atoms with Gasteiger partial charge in [0.1, 0.15) is 11.6 Å². The van der Waals surface area contributed by atoms with Gasteiger partial charge in [-0.3, -0.25) is 5.10 Å². The van der Waals surface area contributed by atoms with E-state index in [1.807, 2.05) is 0 Å². The van der Waals surface area contributed by atoms with E-state index in [0.717, 1.165) is 0 Å². The zero-order chi connectivity index (χ0) is 13.3. The molecule has 0 aliphatic carbocycles. The fourth-order valence-corrected chi connectivity index (χ4v) is 2.07. The van der Waals surface area contributed by atoms with Crippen LogP contribution in [0.15, 0.2) is 16.6 Å². The molecule has 18 heavy (non-hydrogen) atoms. The summed E-state index contributed by atoms with van der Waals surface area (Å²) in [5.74, 6) is 1.24. The third-order valence-corrected chi connectivity index (χ3v) is 3.07. The van der Waals surface area contributed by atoms with Crippen LogP contribution in [0.3, 0.4) is 0 Å². The van der Waals surface area contributed by atoms with Gasteiger partial charge in [-0.1, -0.05) is 0 Å². The summed E-state index contributed by atoms with van der Waals surface area (Å²) in [4.78, 5) is 0. The van der Waals surface area contributed by atoms with Gasteiger partial charge in [-0.15, -0.1) is 0 Å². The van der Waals surface area contributed by atoms with E-state index in [9.17, 15) is 5.11 Å². The highest BCUT2D eigenvalue weighted by molar-refractivity contribution is 9.10. The number of hydrogen-bond donors (Lipinski definition) is 3. The number of ether oxygens (including phenoxy) is 2. The Kier molecular flexibility index (Phi) is 3.33. The van der Waals surface area contributed by atoms with Gasteiger partial charge in [0.05, 0.1) is 29.9 Å². The minimum absolute atomic E-state index is 0.0244. The molecule has 1 aromatic heterocycles. The van der Waals surface area contributed by atoms with Crippen molar-refractivity contribution in [1.82, 2.24) is 10.2 Å². The number of phenols is 1. The highest BCUT2D eigenvalue weighted by atomic mass is 79.9. The van der Waals surface area contributed by atoms with Gasteiger partial charge < -0.3 is 20.3 Å². The van der Waals surface area contributed by atoms with Crippen LogP contribution in [0, 0.1) is 0 Å². The van der Waals surface area contributed by atoms with Crippen LogP contribution in [0.1, 0.15) is 0 Å². The van der Waals surface area contributed by atoms with Crippen molar-refractivity contribution in [1.29, 1.82) is 0 Å². The Morgan fingerprint density at radius 2 is 2.06 bits per heavy atom. The van der Waals surface area contributed by atoms with Crippen LogP contribution in [-0.4, -0.2) is 29.5 Å².